The van der Waals surface area contributed by atoms with Crippen LogP contribution in [0.4, 0.5) is 4.39 Å². The predicted octanol–water partition coefficient (Wildman–Crippen LogP) is 2.61. The molecule has 15 heavy (non-hydrogen) atoms. The second-order valence-electron chi connectivity index (χ2n) is 3.68. The van der Waals surface area contributed by atoms with E-state index in [1.165, 1.54) is 18.6 Å². The van der Waals surface area contributed by atoms with Crippen LogP contribution in [-0.4, -0.2) is 19.2 Å². The van der Waals surface area contributed by atoms with Gasteiger partial charge in [-0.05, 0) is 31.5 Å². The lowest BCUT2D eigenvalue weighted by Gasteiger charge is -2.12. The number of benzene rings is 1. The van der Waals surface area contributed by atoms with E-state index in [0.29, 0.717) is 18.4 Å². The van der Waals surface area contributed by atoms with E-state index >= 15 is 0 Å². The Labute approximate surface area is 93.4 Å². The van der Waals surface area contributed by atoms with E-state index in [1.54, 1.807) is 6.07 Å². The molecule has 1 heterocycles. The number of nitrogens with one attached hydrogen (secondary N) is 1. The van der Waals surface area contributed by atoms with Gasteiger partial charge in [0, 0.05) is 12.1 Å². The standard InChI is InChI=1S/C11H13ClFNO/c12-10-4-3-9(6-11(10)13)15-7-8-2-1-5-14-8/h3-4,6,8,14H,1-2,5,7H2/t8-/m1/s1. The van der Waals surface area contributed by atoms with Crippen molar-refractivity contribution in [2.75, 3.05) is 13.2 Å². The average Bonchev–Trinajstić information content (AvgIpc) is 2.73. The molecule has 4 heteroatoms. The zero-order chi connectivity index (χ0) is 10.7. The molecule has 0 aromatic heterocycles. The molecule has 0 amide bonds. The lowest BCUT2D eigenvalue weighted by molar-refractivity contribution is 0.276. The summed E-state index contributed by atoms with van der Waals surface area (Å²) in [7, 11) is 0. The molecule has 1 atom stereocenters. The zero-order valence-electron chi connectivity index (χ0n) is 8.30. The van der Waals surface area contributed by atoms with E-state index in [2.05, 4.69) is 5.32 Å². The van der Waals surface area contributed by atoms with Crippen molar-refractivity contribution in [3.8, 4) is 5.75 Å². The van der Waals surface area contributed by atoms with Gasteiger partial charge in [0.15, 0.2) is 0 Å². The molecule has 0 radical (unpaired) electrons. The third kappa shape index (κ3) is 2.83. The lowest BCUT2D eigenvalue weighted by Crippen LogP contribution is -2.28. The van der Waals surface area contributed by atoms with Crippen LogP contribution in [0.15, 0.2) is 18.2 Å². The van der Waals surface area contributed by atoms with E-state index in [1.807, 2.05) is 0 Å². The second kappa shape index (κ2) is 4.81. The third-order valence-electron chi connectivity index (χ3n) is 2.50. The van der Waals surface area contributed by atoms with Crippen molar-refractivity contribution in [1.29, 1.82) is 0 Å². The minimum atomic E-state index is -0.437. The first-order chi connectivity index (χ1) is 7.25. The molecule has 1 saturated heterocycles. The van der Waals surface area contributed by atoms with Gasteiger partial charge in [-0.1, -0.05) is 11.6 Å². The fourth-order valence-electron chi connectivity index (χ4n) is 1.66. The Kier molecular flexibility index (Phi) is 3.44. The van der Waals surface area contributed by atoms with Crippen molar-refractivity contribution in [1.82, 2.24) is 5.32 Å². The summed E-state index contributed by atoms with van der Waals surface area (Å²) in [6, 6.07) is 4.90. The van der Waals surface area contributed by atoms with E-state index in [0.717, 1.165) is 13.0 Å². The molecule has 1 aliphatic rings. The molecule has 1 fully saturated rings. The topological polar surface area (TPSA) is 21.3 Å². The van der Waals surface area contributed by atoms with Crippen LogP contribution >= 0.6 is 11.6 Å². The Balaban J connectivity index is 1.90. The van der Waals surface area contributed by atoms with Crippen molar-refractivity contribution < 1.29 is 9.13 Å². The number of hydrogen-bond donors (Lipinski definition) is 1. The Hall–Kier alpha value is -0.800. The van der Waals surface area contributed by atoms with Gasteiger partial charge in [-0.25, -0.2) is 4.39 Å². The predicted molar refractivity (Wildman–Crippen MR) is 57.9 cm³/mol. The molecule has 0 unspecified atom stereocenters. The van der Waals surface area contributed by atoms with Crippen molar-refractivity contribution >= 4 is 11.6 Å². The summed E-state index contributed by atoms with van der Waals surface area (Å²) < 4.78 is 18.5. The summed E-state index contributed by atoms with van der Waals surface area (Å²) in [6.07, 6.45) is 2.30. The van der Waals surface area contributed by atoms with E-state index in [-0.39, 0.29) is 5.02 Å². The van der Waals surface area contributed by atoms with Gasteiger partial charge < -0.3 is 10.1 Å². The fraction of sp³-hybridized carbons (Fsp3) is 0.455. The third-order valence-corrected chi connectivity index (χ3v) is 2.81. The highest BCUT2D eigenvalue weighted by Crippen LogP contribution is 2.20. The van der Waals surface area contributed by atoms with Gasteiger partial charge in [0.05, 0.1) is 5.02 Å². The van der Waals surface area contributed by atoms with Gasteiger partial charge in [-0.3, -0.25) is 0 Å². The van der Waals surface area contributed by atoms with Crippen LogP contribution in [0.3, 0.4) is 0 Å². The van der Waals surface area contributed by atoms with Crippen LogP contribution < -0.4 is 10.1 Å². The number of halogens is 2. The molecule has 0 aliphatic carbocycles. The maximum atomic E-state index is 13.1. The number of ether oxygens (including phenoxy) is 1. The first kappa shape index (κ1) is 10.7. The SMILES string of the molecule is Fc1cc(OC[C@H]2CCCN2)ccc1Cl. The Bertz CT molecular complexity index is 339. The van der Waals surface area contributed by atoms with Gasteiger partial charge in [0.2, 0.25) is 0 Å². The molecule has 2 rings (SSSR count). The van der Waals surface area contributed by atoms with Crippen LogP contribution in [0.25, 0.3) is 0 Å². The van der Waals surface area contributed by atoms with Crippen molar-refractivity contribution in [3.63, 3.8) is 0 Å². The Morgan fingerprint density at radius 1 is 1.53 bits per heavy atom. The molecule has 1 aromatic rings. The highest BCUT2D eigenvalue weighted by Gasteiger charge is 2.14. The second-order valence-corrected chi connectivity index (χ2v) is 4.09. The molecule has 0 bridgehead atoms. The summed E-state index contributed by atoms with van der Waals surface area (Å²) >= 11 is 5.57. The van der Waals surface area contributed by atoms with Gasteiger partial charge in [0.25, 0.3) is 0 Å². The summed E-state index contributed by atoms with van der Waals surface area (Å²) in [5.41, 5.74) is 0. The minimum absolute atomic E-state index is 0.126. The van der Waals surface area contributed by atoms with Gasteiger partial charge >= 0.3 is 0 Å². The maximum Gasteiger partial charge on any atom is 0.145 e. The van der Waals surface area contributed by atoms with Crippen LogP contribution in [0.5, 0.6) is 5.75 Å². The first-order valence-corrected chi connectivity index (χ1v) is 5.45. The minimum Gasteiger partial charge on any atom is -0.492 e. The normalized spacial score (nSPS) is 20.5. The monoisotopic (exact) mass is 229 g/mol. The summed E-state index contributed by atoms with van der Waals surface area (Å²) in [6.45, 7) is 1.63. The van der Waals surface area contributed by atoms with Gasteiger partial charge in [-0.15, -0.1) is 0 Å². The van der Waals surface area contributed by atoms with Crippen molar-refractivity contribution in [2.24, 2.45) is 0 Å². The molecule has 0 spiro atoms. The molecule has 1 N–H and O–H groups in total. The summed E-state index contributed by atoms with van der Waals surface area (Å²) in [5, 5.41) is 3.43. The molecule has 0 saturated carbocycles. The Morgan fingerprint density at radius 2 is 2.40 bits per heavy atom. The molecule has 1 aliphatic heterocycles. The summed E-state index contributed by atoms with van der Waals surface area (Å²) in [4.78, 5) is 0. The smallest absolute Gasteiger partial charge is 0.145 e. The maximum absolute atomic E-state index is 13.1. The first-order valence-electron chi connectivity index (χ1n) is 5.07. The highest BCUT2D eigenvalue weighted by molar-refractivity contribution is 6.30. The Morgan fingerprint density at radius 3 is 3.07 bits per heavy atom. The van der Waals surface area contributed by atoms with Crippen LogP contribution in [0, 0.1) is 5.82 Å². The highest BCUT2D eigenvalue weighted by atomic mass is 35.5. The molecule has 2 nitrogen and oxygen atoms in total. The lowest BCUT2D eigenvalue weighted by atomic mass is 10.2. The van der Waals surface area contributed by atoms with E-state index in [4.69, 9.17) is 16.3 Å². The van der Waals surface area contributed by atoms with Crippen LogP contribution in [0.1, 0.15) is 12.8 Å². The van der Waals surface area contributed by atoms with Crippen LogP contribution in [-0.2, 0) is 0 Å². The fourth-order valence-corrected chi connectivity index (χ4v) is 1.78. The van der Waals surface area contributed by atoms with Gasteiger partial charge in [0.1, 0.15) is 18.2 Å². The van der Waals surface area contributed by atoms with Crippen molar-refractivity contribution in [2.45, 2.75) is 18.9 Å². The van der Waals surface area contributed by atoms with Gasteiger partial charge in [-0.2, -0.15) is 0 Å². The summed E-state index contributed by atoms with van der Waals surface area (Å²) in [5.74, 6) is 0.0964. The zero-order valence-corrected chi connectivity index (χ0v) is 9.06. The largest absolute Gasteiger partial charge is 0.492 e. The van der Waals surface area contributed by atoms with E-state index < -0.39 is 5.82 Å². The van der Waals surface area contributed by atoms with Crippen LogP contribution in [0.2, 0.25) is 5.02 Å². The molecule has 82 valence electrons. The average molecular weight is 230 g/mol. The number of hydrogen-bond acceptors (Lipinski definition) is 2. The van der Waals surface area contributed by atoms with Crippen molar-refractivity contribution in [3.05, 3.63) is 29.0 Å². The molecule has 1 aromatic carbocycles. The molecular formula is C11H13ClFNO. The number of rotatable bonds is 3. The molecular weight excluding hydrogens is 217 g/mol. The van der Waals surface area contributed by atoms with E-state index in [9.17, 15) is 4.39 Å². The quantitative estimate of drug-likeness (QED) is 0.861.